The maximum atomic E-state index is 12.1. The van der Waals surface area contributed by atoms with Crippen molar-refractivity contribution in [2.75, 3.05) is 6.54 Å². The minimum atomic E-state index is -0.229. The number of halogens is 1. The van der Waals surface area contributed by atoms with Crippen molar-refractivity contribution >= 4 is 17.5 Å². The molecule has 1 saturated heterocycles. The lowest BCUT2D eigenvalue weighted by molar-refractivity contribution is 0.0392. The van der Waals surface area contributed by atoms with Gasteiger partial charge < -0.3 is 10.1 Å². The second-order valence-corrected chi connectivity index (χ2v) is 5.58. The molecule has 2 aromatic heterocycles. The lowest BCUT2D eigenvalue weighted by Crippen LogP contribution is -2.32. The third-order valence-electron chi connectivity index (χ3n) is 3.52. The number of aromatic nitrogens is 4. The van der Waals surface area contributed by atoms with Crippen molar-refractivity contribution in [3.63, 3.8) is 0 Å². The summed E-state index contributed by atoms with van der Waals surface area (Å²) in [5.74, 6) is 1.21. The molecule has 0 spiro atoms. The van der Waals surface area contributed by atoms with E-state index >= 15 is 0 Å². The predicted octanol–water partition coefficient (Wildman–Crippen LogP) is 1.81. The lowest BCUT2D eigenvalue weighted by Gasteiger charge is -2.13. The summed E-state index contributed by atoms with van der Waals surface area (Å²) in [5.41, 5.74) is 0.413. The number of nitrogens with zero attached hydrogens (tertiary/aromatic N) is 3. The van der Waals surface area contributed by atoms with Crippen molar-refractivity contribution in [3.05, 3.63) is 40.7 Å². The standard InChI is InChI=1S/C14H16ClN5O2/c1-8-18-13(20-19-8)12-3-2-9(22-12)6-17-14(21)10-4-5-16-7-11(10)15/h4-5,7,9,12H,2-3,6H2,1H3,(H,17,21)(H,18,19,20)/t9-,12+/m1/s1. The van der Waals surface area contributed by atoms with Crippen LogP contribution in [0.2, 0.25) is 5.02 Å². The Morgan fingerprint density at radius 1 is 1.55 bits per heavy atom. The average Bonchev–Trinajstić information content (AvgIpc) is 3.14. The highest BCUT2D eigenvalue weighted by molar-refractivity contribution is 6.33. The number of ether oxygens (including phenoxy) is 1. The van der Waals surface area contributed by atoms with Crippen molar-refractivity contribution in [2.45, 2.75) is 32.0 Å². The Balaban J connectivity index is 1.53. The number of rotatable bonds is 4. The molecule has 22 heavy (non-hydrogen) atoms. The molecule has 8 heteroatoms. The van der Waals surface area contributed by atoms with Gasteiger partial charge >= 0.3 is 0 Å². The molecule has 1 amide bonds. The molecule has 3 rings (SSSR count). The molecule has 2 aromatic rings. The smallest absolute Gasteiger partial charge is 0.252 e. The topological polar surface area (TPSA) is 92.8 Å². The number of carbonyl (C=O) groups is 1. The van der Waals surface area contributed by atoms with E-state index in [0.29, 0.717) is 23.0 Å². The van der Waals surface area contributed by atoms with E-state index in [1.807, 2.05) is 6.92 Å². The highest BCUT2D eigenvalue weighted by Crippen LogP contribution is 2.30. The zero-order valence-corrected chi connectivity index (χ0v) is 12.8. The van der Waals surface area contributed by atoms with Crippen LogP contribution in [0.1, 0.15) is 41.0 Å². The summed E-state index contributed by atoms with van der Waals surface area (Å²) >= 11 is 5.95. The van der Waals surface area contributed by atoms with E-state index in [1.165, 1.54) is 12.4 Å². The van der Waals surface area contributed by atoms with E-state index in [0.717, 1.165) is 18.7 Å². The molecule has 0 radical (unpaired) electrons. The summed E-state index contributed by atoms with van der Waals surface area (Å²) in [7, 11) is 0. The highest BCUT2D eigenvalue weighted by Gasteiger charge is 2.29. The molecule has 2 N–H and O–H groups in total. The van der Waals surface area contributed by atoms with Gasteiger partial charge in [-0.1, -0.05) is 11.6 Å². The third-order valence-corrected chi connectivity index (χ3v) is 3.82. The molecular formula is C14H16ClN5O2. The third kappa shape index (κ3) is 3.26. The van der Waals surface area contributed by atoms with E-state index in [1.54, 1.807) is 6.07 Å². The molecule has 116 valence electrons. The maximum absolute atomic E-state index is 12.1. The number of H-pyrrole nitrogens is 1. The van der Waals surface area contributed by atoms with Gasteiger partial charge in [0.15, 0.2) is 5.82 Å². The summed E-state index contributed by atoms with van der Waals surface area (Å²) in [6, 6.07) is 1.59. The fraction of sp³-hybridized carbons (Fsp3) is 0.429. The number of carbonyl (C=O) groups excluding carboxylic acids is 1. The van der Waals surface area contributed by atoms with Gasteiger partial charge in [0.2, 0.25) is 0 Å². The first-order valence-electron chi connectivity index (χ1n) is 7.05. The molecule has 0 bridgehead atoms. The van der Waals surface area contributed by atoms with Crippen LogP contribution in [-0.2, 0) is 4.74 Å². The Bertz CT molecular complexity index is 675. The number of hydrogen-bond acceptors (Lipinski definition) is 5. The second kappa shape index (κ2) is 6.41. The molecule has 3 heterocycles. The van der Waals surface area contributed by atoms with Gasteiger partial charge in [0.25, 0.3) is 5.91 Å². The van der Waals surface area contributed by atoms with E-state index in [2.05, 4.69) is 25.5 Å². The monoisotopic (exact) mass is 321 g/mol. The Kier molecular flexibility index (Phi) is 4.35. The average molecular weight is 322 g/mol. The Hall–Kier alpha value is -1.99. The fourth-order valence-corrected chi connectivity index (χ4v) is 2.62. The Morgan fingerprint density at radius 2 is 2.41 bits per heavy atom. The van der Waals surface area contributed by atoms with E-state index in [4.69, 9.17) is 16.3 Å². The van der Waals surface area contributed by atoms with Crippen LogP contribution in [0.25, 0.3) is 0 Å². The number of hydrogen-bond donors (Lipinski definition) is 2. The number of aromatic amines is 1. The molecule has 1 fully saturated rings. The van der Waals surface area contributed by atoms with E-state index in [-0.39, 0.29) is 18.1 Å². The normalized spacial score (nSPS) is 21.0. The second-order valence-electron chi connectivity index (χ2n) is 5.17. The van der Waals surface area contributed by atoms with Crippen LogP contribution >= 0.6 is 11.6 Å². The van der Waals surface area contributed by atoms with Crippen LogP contribution < -0.4 is 5.32 Å². The van der Waals surface area contributed by atoms with Crippen LogP contribution in [0.4, 0.5) is 0 Å². The Morgan fingerprint density at radius 3 is 3.14 bits per heavy atom. The lowest BCUT2D eigenvalue weighted by atomic mass is 10.2. The van der Waals surface area contributed by atoms with Crippen LogP contribution in [-0.4, -0.2) is 38.7 Å². The predicted molar refractivity (Wildman–Crippen MR) is 79.5 cm³/mol. The largest absolute Gasteiger partial charge is 0.365 e. The van der Waals surface area contributed by atoms with Crippen molar-refractivity contribution < 1.29 is 9.53 Å². The van der Waals surface area contributed by atoms with Crippen molar-refractivity contribution in [2.24, 2.45) is 0 Å². The van der Waals surface area contributed by atoms with Crippen molar-refractivity contribution in [3.8, 4) is 0 Å². The quantitative estimate of drug-likeness (QED) is 0.896. The van der Waals surface area contributed by atoms with Crippen LogP contribution in [0.15, 0.2) is 18.5 Å². The van der Waals surface area contributed by atoms with Gasteiger partial charge in [0.05, 0.1) is 16.7 Å². The number of nitrogens with one attached hydrogen (secondary N) is 2. The van der Waals surface area contributed by atoms with Gasteiger partial charge in [0.1, 0.15) is 11.9 Å². The van der Waals surface area contributed by atoms with Gasteiger partial charge in [-0.15, -0.1) is 0 Å². The zero-order chi connectivity index (χ0) is 15.5. The molecule has 7 nitrogen and oxygen atoms in total. The van der Waals surface area contributed by atoms with Gasteiger partial charge in [-0.05, 0) is 25.8 Å². The zero-order valence-electron chi connectivity index (χ0n) is 12.0. The fourth-order valence-electron chi connectivity index (χ4n) is 2.41. The minimum Gasteiger partial charge on any atom is -0.365 e. The molecule has 2 atom stereocenters. The first-order valence-corrected chi connectivity index (χ1v) is 7.43. The van der Waals surface area contributed by atoms with E-state index in [9.17, 15) is 4.79 Å². The summed E-state index contributed by atoms with van der Waals surface area (Å²) in [4.78, 5) is 20.2. The van der Waals surface area contributed by atoms with Crippen LogP contribution in [0.5, 0.6) is 0 Å². The van der Waals surface area contributed by atoms with Gasteiger partial charge in [-0.3, -0.25) is 14.9 Å². The van der Waals surface area contributed by atoms with Crippen LogP contribution in [0, 0.1) is 6.92 Å². The molecule has 0 aromatic carbocycles. The van der Waals surface area contributed by atoms with Crippen molar-refractivity contribution in [1.82, 2.24) is 25.5 Å². The summed E-state index contributed by atoms with van der Waals surface area (Å²) < 4.78 is 5.87. The van der Waals surface area contributed by atoms with Gasteiger partial charge in [-0.25, -0.2) is 4.98 Å². The van der Waals surface area contributed by atoms with Gasteiger partial charge in [0, 0.05) is 18.9 Å². The summed E-state index contributed by atoms with van der Waals surface area (Å²) in [5, 5.41) is 10.1. The number of pyridine rings is 1. The maximum Gasteiger partial charge on any atom is 0.252 e. The minimum absolute atomic E-state index is 0.0478. The van der Waals surface area contributed by atoms with Crippen LogP contribution in [0.3, 0.4) is 0 Å². The SMILES string of the molecule is Cc1nc([C@@H]2CC[C@H](CNC(=O)c3ccncc3Cl)O2)n[nH]1. The van der Waals surface area contributed by atoms with E-state index < -0.39 is 0 Å². The number of amides is 1. The first kappa shape index (κ1) is 14.9. The molecular weight excluding hydrogens is 306 g/mol. The van der Waals surface area contributed by atoms with Crippen molar-refractivity contribution in [1.29, 1.82) is 0 Å². The molecule has 1 aliphatic heterocycles. The number of aryl methyl sites for hydroxylation is 1. The molecule has 0 unspecified atom stereocenters. The Labute approximate surface area is 132 Å². The van der Waals surface area contributed by atoms with Gasteiger partial charge in [-0.2, -0.15) is 5.10 Å². The molecule has 0 aliphatic carbocycles. The summed E-state index contributed by atoms with van der Waals surface area (Å²) in [6.07, 6.45) is 4.51. The highest BCUT2D eigenvalue weighted by atomic mass is 35.5. The molecule has 0 saturated carbocycles. The summed E-state index contributed by atoms with van der Waals surface area (Å²) in [6.45, 7) is 2.28. The molecule has 1 aliphatic rings. The first-order chi connectivity index (χ1) is 10.6.